The molecule has 0 radical (unpaired) electrons. The highest BCUT2D eigenvalue weighted by Gasteiger charge is 2.34. The maximum atomic E-state index is 12.9. The van der Waals surface area contributed by atoms with Gasteiger partial charge in [-0.3, -0.25) is 4.79 Å². The molecule has 0 spiro atoms. The van der Waals surface area contributed by atoms with E-state index >= 15 is 0 Å². The first-order valence-electron chi connectivity index (χ1n) is 7.94. The third-order valence-corrected chi connectivity index (χ3v) is 6.30. The smallest absolute Gasteiger partial charge is 0.340 e. The van der Waals surface area contributed by atoms with Gasteiger partial charge in [0.1, 0.15) is 0 Å². The summed E-state index contributed by atoms with van der Waals surface area (Å²) < 4.78 is 7.74. The highest BCUT2D eigenvalue weighted by molar-refractivity contribution is 8.01. The summed E-state index contributed by atoms with van der Waals surface area (Å²) in [5.41, 5.74) is 2.53. The number of hydrogen-bond acceptors (Lipinski definition) is 8. The Hall–Kier alpha value is -1.87. The molecule has 0 unspecified atom stereocenters. The number of methoxy groups -OCH3 is 1. The number of carbonyl (C=O) groups excluding carboxylic acids is 2. The summed E-state index contributed by atoms with van der Waals surface area (Å²) in [7, 11) is 3.12. The van der Waals surface area contributed by atoms with Crippen molar-refractivity contribution in [2.24, 2.45) is 0 Å². The number of thioether (sulfide) groups is 1. The first-order valence-corrected chi connectivity index (χ1v) is 9.75. The van der Waals surface area contributed by atoms with Crippen LogP contribution in [0.25, 0.3) is 0 Å². The number of esters is 1. The Kier molecular flexibility index (Phi) is 5.14. The van der Waals surface area contributed by atoms with E-state index in [4.69, 9.17) is 4.74 Å². The number of anilines is 1. The lowest BCUT2D eigenvalue weighted by Crippen LogP contribution is -2.12. The molecule has 1 fully saturated rings. The molecule has 1 aliphatic rings. The van der Waals surface area contributed by atoms with Crippen molar-refractivity contribution in [1.82, 2.24) is 14.8 Å². The van der Waals surface area contributed by atoms with Crippen molar-refractivity contribution in [3.8, 4) is 0 Å². The number of hydrogen-bond donors (Lipinski definition) is 1. The van der Waals surface area contributed by atoms with Gasteiger partial charge in [0.25, 0.3) is 0 Å². The predicted molar refractivity (Wildman–Crippen MR) is 98.0 cm³/mol. The summed E-state index contributed by atoms with van der Waals surface area (Å²) in [6, 6.07) is 0.388. The van der Waals surface area contributed by atoms with E-state index in [2.05, 4.69) is 20.1 Å². The molecule has 0 saturated heterocycles. The van der Waals surface area contributed by atoms with Gasteiger partial charge in [-0.15, -0.1) is 10.2 Å². The standard InChI is InChI=1S/C16H20N4O3S2/c1-8-12(11(21)7-24-16-19-18-15(17-3)25-16)13(14(22)23-4)9(2)20(8)10-5-6-10/h10H,5-7H2,1-4H3,(H,17,18). The lowest BCUT2D eigenvalue weighted by atomic mass is 10.1. The summed E-state index contributed by atoms with van der Waals surface area (Å²) in [6.07, 6.45) is 2.16. The molecule has 2 aromatic rings. The second-order valence-corrected chi connectivity index (χ2v) is 8.05. The summed E-state index contributed by atoms with van der Waals surface area (Å²) in [4.78, 5) is 25.1. The van der Waals surface area contributed by atoms with Gasteiger partial charge >= 0.3 is 5.97 Å². The molecule has 0 atom stereocenters. The average molecular weight is 380 g/mol. The van der Waals surface area contributed by atoms with Crippen LogP contribution in [0.3, 0.4) is 0 Å². The lowest BCUT2D eigenvalue weighted by molar-refractivity contribution is 0.0596. The fourth-order valence-corrected chi connectivity index (χ4v) is 4.57. The van der Waals surface area contributed by atoms with Crippen LogP contribution in [0.5, 0.6) is 0 Å². The molecular formula is C16H20N4O3S2. The molecule has 2 aromatic heterocycles. The maximum Gasteiger partial charge on any atom is 0.340 e. The van der Waals surface area contributed by atoms with Crippen molar-refractivity contribution in [2.75, 3.05) is 25.2 Å². The quantitative estimate of drug-likeness (QED) is 0.449. The second-order valence-electron chi connectivity index (χ2n) is 5.85. The van der Waals surface area contributed by atoms with Crippen LogP contribution in [0.1, 0.15) is 51.0 Å². The molecule has 1 aliphatic carbocycles. The zero-order chi connectivity index (χ0) is 18.1. The van der Waals surface area contributed by atoms with Crippen LogP contribution in [0.4, 0.5) is 5.13 Å². The molecule has 2 heterocycles. The second kappa shape index (κ2) is 7.17. The minimum atomic E-state index is -0.457. The zero-order valence-electron chi connectivity index (χ0n) is 14.6. The van der Waals surface area contributed by atoms with Gasteiger partial charge in [0.15, 0.2) is 10.1 Å². The van der Waals surface area contributed by atoms with E-state index in [0.29, 0.717) is 26.6 Å². The van der Waals surface area contributed by atoms with Gasteiger partial charge in [0.2, 0.25) is 5.13 Å². The van der Waals surface area contributed by atoms with Crippen LogP contribution in [-0.4, -0.2) is 46.4 Å². The summed E-state index contributed by atoms with van der Waals surface area (Å²) in [5.74, 6) is -0.342. The number of aromatic nitrogens is 3. The van der Waals surface area contributed by atoms with Gasteiger partial charge < -0.3 is 14.6 Å². The summed E-state index contributed by atoms with van der Waals surface area (Å²) in [6.45, 7) is 3.78. The van der Waals surface area contributed by atoms with Gasteiger partial charge in [-0.1, -0.05) is 23.1 Å². The van der Waals surface area contributed by atoms with Gasteiger partial charge in [0, 0.05) is 24.5 Å². The fraction of sp³-hybridized carbons (Fsp3) is 0.500. The molecule has 25 heavy (non-hydrogen) atoms. The van der Waals surface area contributed by atoms with E-state index < -0.39 is 5.97 Å². The number of nitrogens with zero attached hydrogens (tertiary/aromatic N) is 3. The average Bonchev–Trinajstić information content (AvgIpc) is 3.26. The van der Waals surface area contributed by atoms with Crippen LogP contribution in [0, 0.1) is 13.8 Å². The van der Waals surface area contributed by atoms with E-state index in [0.717, 1.165) is 24.2 Å². The molecule has 0 aromatic carbocycles. The minimum Gasteiger partial charge on any atom is -0.465 e. The number of ether oxygens (including phenoxy) is 1. The van der Waals surface area contributed by atoms with Gasteiger partial charge in [-0.2, -0.15) is 0 Å². The number of nitrogens with one attached hydrogen (secondary N) is 1. The van der Waals surface area contributed by atoms with E-state index in [1.165, 1.54) is 30.2 Å². The van der Waals surface area contributed by atoms with Crippen LogP contribution in [-0.2, 0) is 4.74 Å². The first-order chi connectivity index (χ1) is 12.0. The van der Waals surface area contributed by atoms with Crippen molar-refractivity contribution < 1.29 is 14.3 Å². The SMILES string of the molecule is CNc1nnc(SCC(=O)c2c(C(=O)OC)c(C)n(C3CC3)c2C)s1. The molecule has 1 saturated carbocycles. The van der Waals surface area contributed by atoms with Crippen LogP contribution in [0.2, 0.25) is 0 Å². The Bertz CT molecular complexity index is 824. The third-order valence-electron chi connectivity index (χ3n) is 4.22. The zero-order valence-corrected chi connectivity index (χ0v) is 16.2. The largest absolute Gasteiger partial charge is 0.465 e. The van der Waals surface area contributed by atoms with Crippen molar-refractivity contribution in [3.05, 3.63) is 22.5 Å². The molecule has 0 aliphatic heterocycles. The minimum absolute atomic E-state index is 0.0911. The monoisotopic (exact) mass is 380 g/mol. The van der Waals surface area contributed by atoms with Gasteiger partial charge in [0.05, 0.1) is 24.0 Å². The first kappa shape index (κ1) is 17.9. The molecular weight excluding hydrogens is 360 g/mol. The van der Waals surface area contributed by atoms with Crippen molar-refractivity contribution in [2.45, 2.75) is 37.1 Å². The van der Waals surface area contributed by atoms with Crippen molar-refractivity contribution in [1.29, 1.82) is 0 Å². The Morgan fingerprint density at radius 2 is 1.96 bits per heavy atom. The highest BCUT2D eigenvalue weighted by atomic mass is 32.2. The maximum absolute atomic E-state index is 12.9. The predicted octanol–water partition coefficient (Wildman–Crippen LogP) is 3.09. The van der Waals surface area contributed by atoms with E-state index in [1.807, 2.05) is 13.8 Å². The molecule has 7 nitrogen and oxygen atoms in total. The van der Waals surface area contributed by atoms with E-state index in [-0.39, 0.29) is 11.5 Å². The molecule has 1 N–H and O–H groups in total. The van der Waals surface area contributed by atoms with Crippen LogP contribution < -0.4 is 5.32 Å². The van der Waals surface area contributed by atoms with Crippen LogP contribution in [0.15, 0.2) is 4.34 Å². The number of Topliss-reactive ketones (excluding diaryl/α,β-unsaturated/α-hetero) is 1. The summed E-state index contributed by atoms with van der Waals surface area (Å²) >= 11 is 2.72. The number of carbonyl (C=O) groups is 2. The molecule has 9 heteroatoms. The van der Waals surface area contributed by atoms with Gasteiger partial charge in [-0.25, -0.2) is 4.79 Å². The molecule has 0 bridgehead atoms. The summed E-state index contributed by atoms with van der Waals surface area (Å²) in [5, 5.41) is 11.6. The van der Waals surface area contributed by atoms with Crippen molar-refractivity contribution >= 4 is 40.0 Å². The Balaban J connectivity index is 1.87. The number of rotatable bonds is 7. The third kappa shape index (κ3) is 3.43. The lowest BCUT2D eigenvalue weighted by Gasteiger charge is -2.07. The Labute approximate surface area is 154 Å². The van der Waals surface area contributed by atoms with Crippen LogP contribution >= 0.6 is 23.1 Å². The Morgan fingerprint density at radius 3 is 2.52 bits per heavy atom. The van der Waals surface area contributed by atoms with Gasteiger partial charge in [-0.05, 0) is 26.7 Å². The normalized spacial score (nSPS) is 13.8. The van der Waals surface area contributed by atoms with E-state index in [9.17, 15) is 9.59 Å². The van der Waals surface area contributed by atoms with E-state index in [1.54, 1.807) is 7.05 Å². The topological polar surface area (TPSA) is 86.1 Å². The number of ketones is 1. The molecule has 0 amide bonds. The fourth-order valence-electron chi connectivity index (χ4n) is 3.00. The molecule has 134 valence electrons. The highest BCUT2D eigenvalue weighted by Crippen LogP contribution is 2.40. The van der Waals surface area contributed by atoms with Crippen molar-refractivity contribution in [3.63, 3.8) is 0 Å². The Morgan fingerprint density at radius 1 is 1.28 bits per heavy atom. The molecule has 3 rings (SSSR count).